The highest BCUT2D eigenvalue weighted by Gasteiger charge is 2.14. The Hall–Kier alpha value is -2.99. The number of benzene rings is 2. The topological polar surface area (TPSA) is 77.8 Å². The molecule has 0 atom stereocenters. The summed E-state index contributed by atoms with van der Waals surface area (Å²) in [5.74, 6) is 0.349. The number of hydrogen-bond acceptors (Lipinski definition) is 5. The number of para-hydroxylation sites is 1. The second-order valence-electron chi connectivity index (χ2n) is 4.78. The minimum absolute atomic E-state index is 0.0571. The Kier molecular flexibility index (Phi) is 4.39. The van der Waals surface area contributed by atoms with Gasteiger partial charge in [-0.15, -0.1) is 0 Å². The van der Waals surface area contributed by atoms with Gasteiger partial charge in [0.15, 0.2) is 0 Å². The van der Waals surface area contributed by atoms with E-state index in [9.17, 15) is 9.59 Å². The number of methoxy groups -OCH3 is 1. The molecule has 1 aromatic heterocycles. The summed E-state index contributed by atoms with van der Waals surface area (Å²) in [6.07, 6.45) is -0.676. The molecule has 0 fully saturated rings. The third-order valence-corrected chi connectivity index (χ3v) is 3.58. The minimum Gasteiger partial charge on any atom is -0.467 e. The number of carbonyl (C=O) groups is 1. The third kappa shape index (κ3) is 3.18. The highest BCUT2D eigenvalue weighted by Crippen LogP contribution is 2.31. The normalized spacial score (nSPS) is 10.4. The van der Waals surface area contributed by atoms with Crippen LogP contribution in [0.1, 0.15) is 0 Å². The van der Waals surface area contributed by atoms with Gasteiger partial charge < -0.3 is 13.9 Å². The molecule has 0 unspecified atom stereocenters. The minimum atomic E-state index is -0.676. The summed E-state index contributed by atoms with van der Waals surface area (Å²) in [6, 6.07) is 13.3. The summed E-state index contributed by atoms with van der Waals surface area (Å²) >= 11 is 6.11. The van der Waals surface area contributed by atoms with E-state index in [1.807, 2.05) is 6.07 Å². The van der Waals surface area contributed by atoms with Gasteiger partial charge in [-0.25, -0.2) is 9.59 Å². The van der Waals surface area contributed by atoms with E-state index in [1.54, 1.807) is 36.4 Å². The lowest BCUT2D eigenvalue weighted by Gasteiger charge is -2.08. The van der Waals surface area contributed by atoms with Crippen molar-refractivity contribution in [3.8, 4) is 11.7 Å². The molecule has 0 radical (unpaired) electrons. The van der Waals surface area contributed by atoms with Crippen LogP contribution in [-0.2, 0) is 0 Å². The summed E-state index contributed by atoms with van der Waals surface area (Å²) in [5, 5.41) is 3.41. The lowest BCUT2D eigenvalue weighted by molar-refractivity contribution is 0.215. The van der Waals surface area contributed by atoms with Crippen molar-refractivity contribution in [1.29, 1.82) is 0 Å². The molecule has 1 amide bonds. The van der Waals surface area contributed by atoms with Gasteiger partial charge in [-0.3, -0.25) is 5.32 Å². The average Bonchev–Trinajstić information content (AvgIpc) is 2.59. The van der Waals surface area contributed by atoms with Gasteiger partial charge in [-0.05, 0) is 24.3 Å². The SMILES string of the molecule is COc1oc(=O)c2cc(NC(=O)Oc3ccccc3)ccc2c1Cl. The maximum absolute atomic E-state index is 12.0. The maximum atomic E-state index is 12.0. The zero-order valence-electron chi connectivity index (χ0n) is 12.5. The van der Waals surface area contributed by atoms with E-state index in [0.29, 0.717) is 16.8 Å². The molecular formula is C17H12ClNO5. The second kappa shape index (κ2) is 6.64. The Balaban J connectivity index is 1.87. The van der Waals surface area contributed by atoms with Crippen molar-refractivity contribution < 1.29 is 18.7 Å². The summed E-state index contributed by atoms with van der Waals surface area (Å²) in [4.78, 5) is 23.9. The summed E-state index contributed by atoms with van der Waals surface area (Å²) in [7, 11) is 1.35. The predicted octanol–water partition coefficient (Wildman–Crippen LogP) is 4.07. The van der Waals surface area contributed by atoms with Crippen LogP contribution in [0.5, 0.6) is 11.7 Å². The molecule has 0 bridgehead atoms. The molecule has 3 aromatic rings. The molecule has 24 heavy (non-hydrogen) atoms. The van der Waals surface area contributed by atoms with Crippen LogP contribution in [-0.4, -0.2) is 13.2 Å². The van der Waals surface area contributed by atoms with Crippen LogP contribution < -0.4 is 20.4 Å². The van der Waals surface area contributed by atoms with Crippen LogP contribution in [0.2, 0.25) is 5.02 Å². The van der Waals surface area contributed by atoms with E-state index in [-0.39, 0.29) is 16.4 Å². The van der Waals surface area contributed by atoms with Crippen molar-refractivity contribution in [2.24, 2.45) is 0 Å². The van der Waals surface area contributed by atoms with Gasteiger partial charge in [0.1, 0.15) is 10.8 Å². The van der Waals surface area contributed by atoms with Gasteiger partial charge in [0.2, 0.25) is 0 Å². The van der Waals surface area contributed by atoms with Crippen LogP contribution in [0.15, 0.2) is 57.7 Å². The zero-order valence-corrected chi connectivity index (χ0v) is 13.3. The van der Waals surface area contributed by atoms with Crippen molar-refractivity contribution in [1.82, 2.24) is 0 Å². The largest absolute Gasteiger partial charge is 0.467 e. The van der Waals surface area contributed by atoms with E-state index in [2.05, 4.69) is 5.32 Å². The van der Waals surface area contributed by atoms with E-state index < -0.39 is 11.7 Å². The fourth-order valence-corrected chi connectivity index (χ4v) is 2.43. The van der Waals surface area contributed by atoms with Gasteiger partial charge in [-0.2, -0.15) is 0 Å². The molecule has 1 heterocycles. The van der Waals surface area contributed by atoms with Crippen molar-refractivity contribution in [3.05, 3.63) is 64.0 Å². The number of fused-ring (bicyclic) bond motifs is 1. The molecule has 0 aliphatic rings. The molecule has 2 aromatic carbocycles. The summed E-state index contributed by atoms with van der Waals surface area (Å²) < 4.78 is 15.0. The molecule has 1 N–H and O–H groups in total. The molecular weight excluding hydrogens is 334 g/mol. The first kappa shape index (κ1) is 15.9. The first-order valence-corrected chi connectivity index (χ1v) is 7.30. The lowest BCUT2D eigenvalue weighted by atomic mass is 10.1. The zero-order chi connectivity index (χ0) is 17.1. The van der Waals surface area contributed by atoms with Gasteiger partial charge in [-0.1, -0.05) is 35.9 Å². The number of carbonyl (C=O) groups excluding carboxylic acids is 1. The van der Waals surface area contributed by atoms with E-state index >= 15 is 0 Å². The van der Waals surface area contributed by atoms with Crippen LogP contribution >= 0.6 is 11.6 Å². The number of anilines is 1. The second-order valence-corrected chi connectivity index (χ2v) is 5.16. The number of nitrogens with one attached hydrogen (secondary N) is 1. The predicted molar refractivity (Wildman–Crippen MR) is 90.1 cm³/mol. The standard InChI is InChI=1S/C17H12ClNO5/c1-22-16-14(18)12-8-7-10(9-13(12)15(20)24-16)19-17(21)23-11-5-3-2-4-6-11/h2-9H,1H3,(H,19,21). The Morgan fingerprint density at radius 2 is 1.88 bits per heavy atom. The molecule has 0 aliphatic heterocycles. The van der Waals surface area contributed by atoms with Gasteiger partial charge >= 0.3 is 17.7 Å². The first-order valence-electron chi connectivity index (χ1n) is 6.92. The average molecular weight is 346 g/mol. The molecule has 0 spiro atoms. The molecule has 122 valence electrons. The van der Waals surface area contributed by atoms with Crippen LogP contribution in [0.4, 0.5) is 10.5 Å². The van der Waals surface area contributed by atoms with E-state index in [0.717, 1.165) is 0 Å². The van der Waals surface area contributed by atoms with Gasteiger partial charge in [0, 0.05) is 11.1 Å². The van der Waals surface area contributed by atoms with Crippen LogP contribution in [0.25, 0.3) is 10.8 Å². The highest BCUT2D eigenvalue weighted by atomic mass is 35.5. The molecule has 6 nitrogen and oxygen atoms in total. The van der Waals surface area contributed by atoms with Crippen molar-refractivity contribution in [3.63, 3.8) is 0 Å². The van der Waals surface area contributed by atoms with Gasteiger partial charge in [0.05, 0.1) is 12.5 Å². The Morgan fingerprint density at radius 3 is 2.58 bits per heavy atom. The number of hydrogen-bond donors (Lipinski definition) is 1. The number of halogens is 1. The molecule has 3 rings (SSSR count). The maximum Gasteiger partial charge on any atom is 0.417 e. The Morgan fingerprint density at radius 1 is 1.12 bits per heavy atom. The lowest BCUT2D eigenvalue weighted by Crippen LogP contribution is -2.16. The summed E-state index contributed by atoms with van der Waals surface area (Å²) in [5.41, 5.74) is -0.247. The molecule has 7 heteroatoms. The molecule has 0 saturated heterocycles. The monoisotopic (exact) mass is 345 g/mol. The van der Waals surface area contributed by atoms with E-state index in [4.69, 9.17) is 25.5 Å². The smallest absolute Gasteiger partial charge is 0.417 e. The molecule has 0 saturated carbocycles. The fourth-order valence-electron chi connectivity index (χ4n) is 2.15. The van der Waals surface area contributed by atoms with Crippen molar-refractivity contribution in [2.75, 3.05) is 12.4 Å². The number of ether oxygens (including phenoxy) is 2. The number of amides is 1. The number of rotatable bonds is 3. The quantitative estimate of drug-likeness (QED) is 0.774. The highest BCUT2D eigenvalue weighted by molar-refractivity contribution is 6.36. The fraction of sp³-hybridized carbons (Fsp3) is 0.0588. The third-order valence-electron chi connectivity index (χ3n) is 3.23. The Labute approximate surface area is 141 Å². The first-order chi connectivity index (χ1) is 11.6. The summed E-state index contributed by atoms with van der Waals surface area (Å²) in [6.45, 7) is 0. The Bertz CT molecular complexity index is 952. The van der Waals surface area contributed by atoms with E-state index in [1.165, 1.54) is 13.2 Å². The molecule has 0 aliphatic carbocycles. The van der Waals surface area contributed by atoms with Gasteiger partial charge in [0.25, 0.3) is 0 Å². The van der Waals surface area contributed by atoms with Crippen molar-refractivity contribution in [2.45, 2.75) is 0 Å². The van der Waals surface area contributed by atoms with Crippen LogP contribution in [0.3, 0.4) is 0 Å². The van der Waals surface area contributed by atoms with Crippen LogP contribution in [0, 0.1) is 0 Å². The van der Waals surface area contributed by atoms with Crippen molar-refractivity contribution >= 4 is 34.2 Å².